The SMILES string of the molecule is CCCC(=O)N(CCC(=O)OCC)Cc1cccnc1. The van der Waals surface area contributed by atoms with Crippen LogP contribution in [0.3, 0.4) is 0 Å². The average molecular weight is 278 g/mol. The van der Waals surface area contributed by atoms with Crippen molar-refractivity contribution in [1.29, 1.82) is 0 Å². The van der Waals surface area contributed by atoms with Gasteiger partial charge in [-0.25, -0.2) is 0 Å². The lowest BCUT2D eigenvalue weighted by Crippen LogP contribution is -2.32. The van der Waals surface area contributed by atoms with E-state index in [0.717, 1.165) is 12.0 Å². The number of nitrogens with zero attached hydrogens (tertiary/aromatic N) is 2. The van der Waals surface area contributed by atoms with E-state index in [0.29, 0.717) is 26.1 Å². The van der Waals surface area contributed by atoms with Crippen LogP contribution in [0.4, 0.5) is 0 Å². The highest BCUT2D eigenvalue weighted by Gasteiger charge is 2.15. The monoisotopic (exact) mass is 278 g/mol. The summed E-state index contributed by atoms with van der Waals surface area (Å²) in [6.07, 6.45) is 4.94. The summed E-state index contributed by atoms with van der Waals surface area (Å²) in [6, 6.07) is 3.76. The number of amides is 1. The highest BCUT2D eigenvalue weighted by Crippen LogP contribution is 2.07. The van der Waals surface area contributed by atoms with Gasteiger partial charge in [0.2, 0.25) is 5.91 Å². The molecule has 0 aliphatic heterocycles. The van der Waals surface area contributed by atoms with E-state index < -0.39 is 0 Å². The van der Waals surface area contributed by atoms with Gasteiger partial charge in [-0.3, -0.25) is 14.6 Å². The fourth-order valence-electron chi connectivity index (χ4n) is 1.84. The molecule has 0 saturated carbocycles. The summed E-state index contributed by atoms with van der Waals surface area (Å²) in [7, 11) is 0. The van der Waals surface area contributed by atoms with E-state index in [1.807, 2.05) is 19.1 Å². The Kier molecular flexibility index (Phi) is 7.32. The van der Waals surface area contributed by atoms with Crippen LogP contribution < -0.4 is 0 Å². The van der Waals surface area contributed by atoms with Crippen molar-refractivity contribution in [3.8, 4) is 0 Å². The number of rotatable bonds is 8. The molecule has 0 saturated heterocycles. The van der Waals surface area contributed by atoms with E-state index in [1.54, 1.807) is 24.2 Å². The van der Waals surface area contributed by atoms with Gasteiger partial charge < -0.3 is 9.64 Å². The molecule has 5 heteroatoms. The van der Waals surface area contributed by atoms with E-state index in [1.165, 1.54) is 0 Å². The van der Waals surface area contributed by atoms with Crippen molar-refractivity contribution in [2.45, 2.75) is 39.7 Å². The summed E-state index contributed by atoms with van der Waals surface area (Å²) in [5.41, 5.74) is 0.959. The smallest absolute Gasteiger partial charge is 0.307 e. The summed E-state index contributed by atoms with van der Waals surface area (Å²) in [5.74, 6) is -0.214. The first-order valence-electron chi connectivity index (χ1n) is 6.99. The first kappa shape index (κ1) is 16.1. The van der Waals surface area contributed by atoms with E-state index in [4.69, 9.17) is 4.74 Å². The Morgan fingerprint density at radius 2 is 2.10 bits per heavy atom. The molecule has 0 spiro atoms. The van der Waals surface area contributed by atoms with Gasteiger partial charge in [0.15, 0.2) is 0 Å². The summed E-state index contributed by atoms with van der Waals surface area (Å²) in [6.45, 7) is 4.96. The number of carbonyl (C=O) groups excluding carboxylic acids is 2. The number of aromatic nitrogens is 1. The maximum atomic E-state index is 12.1. The van der Waals surface area contributed by atoms with Crippen molar-refractivity contribution < 1.29 is 14.3 Å². The largest absolute Gasteiger partial charge is 0.466 e. The molecule has 0 atom stereocenters. The lowest BCUT2D eigenvalue weighted by atomic mass is 10.2. The Hall–Kier alpha value is -1.91. The van der Waals surface area contributed by atoms with Gasteiger partial charge in [0, 0.05) is 31.9 Å². The van der Waals surface area contributed by atoms with Crippen LogP contribution in [-0.2, 0) is 20.9 Å². The average Bonchev–Trinajstić information content (AvgIpc) is 2.45. The van der Waals surface area contributed by atoms with E-state index >= 15 is 0 Å². The van der Waals surface area contributed by atoms with Gasteiger partial charge in [0.05, 0.1) is 13.0 Å². The Labute approximate surface area is 119 Å². The number of carbonyl (C=O) groups is 2. The van der Waals surface area contributed by atoms with Crippen molar-refractivity contribution in [1.82, 2.24) is 9.88 Å². The number of hydrogen-bond acceptors (Lipinski definition) is 4. The van der Waals surface area contributed by atoms with Gasteiger partial charge in [-0.05, 0) is 25.0 Å². The van der Waals surface area contributed by atoms with Crippen molar-refractivity contribution >= 4 is 11.9 Å². The Balaban J connectivity index is 2.60. The number of pyridine rings is 1. The zero-order valence-corrected chi connectivity index (χ0v) is 12.2. The van der Waals surface area contributed by atoms with Crippen LogP contribution >= 0.6 is 0 Å². The van der Waals surface area contributed by atoms with Gasteiger partial charge in [-0.2, -0.15) is 0 Å². The minimum absolute atomic E-state index is 0.0562. The third kappa shape index (κ3) is 5.82. The van der Waals surface area contributed by atoms with Gasteiger partial charge in [0.1, 0.15) is 0 Å². The third-order valence-corrected chi connectivity index (χ3v) is 2.80. The molecule has 0 aromatic carbocycles. The first-order chi connectivity index (χ1) is 9.67. The summed E-state index contributed by atoms with van der Waals surface area (Å²) < 4.78 is 4.89. The molecule has 0 aliphatic carbocycles. The van der Waals surface area contributed by atoms with Crippen LogP contribution in [0.1, 0.15) is 38.7 Å². The molecule has 1 heterocycles. The molecule has 0 radical (unpaired) electrons. The van der Waals surface area contributed by atoms with Crippen LogP contribution in [0.5, 0.6) is 0 Å². The maximum Gasteiger partial charge on any atom is 0.307 e. The maximum absolute atomic E-state index is 12.1. The van der Waals surface area contributed by atoms with Gasteiger partial charge in [-0.15, -0.1) is 0 Å². The molecule has 0 N–H and O–H groups in total. The lowest BCUT2D eigenvalue weighted by molar-refractivity contribution is -0.144. The zero-order chi connectivity index (χ0) is 14.8. The Morgan fingerprint density at radius 1 is 1.30 bits per heavy atom. The Bertz CT molecular complexity index is 420. The highest BCUT2D eigenvalue weighted by atomic mass is 16.5. The van der Waals surface area contributed by atoms with Crippen LogP contribution in [0, 0.1) is 0 Å². The predicted molar refractivity (Wildman–Crippen MR) is 75.8 cm³/mol. The molecule has 0 fully saturated rings. The second-order valence-electron chi connectivity index (χ2n) is 4.48. The van der Waals surface area contributed by atoms with Crippen LogP contribution in [0.25, 0.3) is 0 Å². The zero-order valence-electron chi connectivity index (χ0n) is 12.2. The van der Waals surface area contributed by atoms with Gasteiger partial charge in [0.25, 0.3) is 0 Å². The van der Waals surface area contributed by atoms with Crippen molar-refractivity contribution in [3.63, 3.8) is 0 Å². The normalized spacial score (nSPS) is 10.1. The fraction of sp³-hybridized carbons (Fsp3) is 0.533. The second kappa shape index (κ2) is 9.07. The minimum Gasteiger partial charge on any atom is -0.466 e. The molecule has 1 amide bonds. The molecule has 1 aromatic rings. The number of esters is 1. The van der Waals surface area contributed by atoms with Gasteiger partial charge in [-0.1, -0.05) is 13.0 Å². The van der Waals surface area contributed by atoms with E-state index in [2.05, 4.69) is 4.98 Å². The second-order valence-corrected chi connectivity index (χ2v) is 4.48. The Morgan fingerprint density at radius 3 is 2.70 bits per heavy atom. The summed E-state index contributed by atoms with van der Waals surface area (Å²) in [4.78, 5) is 29.2. The van der Waals surface area contributed by atoms with Crippen LogP contribution in [0.15, 0.2) is 24.5 Å². The molecule has 1 rings (SSSR count). The van der Waals surface area contributed by atoms with Crippen LogP contribution in [0.2, 0.25) is 0 Å². The van der Waals surface area contributed by atoms with E-state index in [9.17, 15) is 9.59 Å². The molecule has 0 bridgehead atoms. The van der Waals surface area contributed by atoms with Crippen molar-refractivity contribution in [2.24, 2.45) is 0 Å². The number of hydrogen-bond donors (Lipinski definition) is 0. The quantitative estimate of drug-likeness (QED) is 0.684. The molecular formula is C15H22N2O3. The molecule has 5 nitrogen and oxygen atoms in total. The fourth-order valence-corrected chi connectivity index (χ4v) is 1.84. The summed E-state index contributed by atoms with van der Waals surface area (Å²) in [5, 5.41) is 0. The lowest BCUT2D eigenvalue weighted by Gasteiger charge is -2.22. The molecule has 0 aliphatic rings. The third-order valence-electron chi connectivity index (χ3n) is 2.80. The van der Waals surface area contributed by atoms with Crippen molar-refractivity contribution in [2.75, 3.05) is 13.2 Å². The molecule has 1 aromatic heterocycles. The molecule has 20 heavy (non-hydrogen) atoms. The van der Waals surface area contributed by atoms with E-state index in [-0.39, 0.29) is 18.3 Å². The summed E-state index contributed by atoms with van der Waals surface area (Å²) >= 11 is 0. The van der Waals surface area contributed by atoms with Crippen molar-refractivity contribution in [3.05, 3.63) is 30.1 Å². The van der Waals surface area contributed by atoms with Crippen LogP contribution in [-0.4, -0.2) is 34.9 Å². The predicted octanol–water partition coefficient (Wildman–Crippen LogP) is 2.16. The molecular weight excluding hydrogens is 256 g/mol. The first-order valence-corrected chi connectivity index (χ1v) is 6.99. The highest BCUT2D eigenvalue weighted by molar-refractivity contribution is 5.77. The molecule has 110 valence electrons. The standard InChI is InChI=1S/C15H22N2O3/c1-3-6-14(18)17(10-8-15(19)20-4-2)12-13-7-5-9-16-11-13/h5,7,9,11H,3-4,6,8,10,12H2,1-2H3. The topological polar surface area (TPSA) is 59.5 Å². The molecule has 0 unspecified atom stereocenters. The number of ether oxygens (including phenoxy) is 1. The van der Waals surface area contributed by atoms with Gasteiger partial charge >= 0.3 is 5.97 Å². The minimum atomic E-state index is -0.270.